The topological polar surface area (TPSA) is 85.2 Å². The Balaban J connectivity index is 0.00000243. The van der Waals surface area contributed by atoms with Crippen molar-refractivity contribution in [3.05, 3.63) is 35.2 Å². The smallest absolute Gasteiger partial charge is 0.227 e. The third-order valence-corrected chi connectivity index (χ3v) is 5.01. The second kappa shape index (κ2) is 9.35. The van der Waals surface area contributed by atoms with Crippen LogP contribution in [0.4, 0.5) is 0 Å². The van der Waals surface area contributed by atoms with Crippen molar-refractivity contribution < 1.29 is 9.32 Å². The number of nitrogens with two attached hydrogens (primary N) is 1. The molecule has 1 aliphatic rings. The quantitative estimate of drug-likeness (QED) is 0.834. The van der Waals surface area contributed by atoms with Crippen molar-refractivity contribution in [3.8, 4) is 11.4 Å². The SMILES string of the molecule is CC(N)C1CCN(C(=O)CCc2nc(-c3ccc(Cl)cc3)no2)CC1.Cl. The van der Waals surface area contributed by atoms with E-state index in [1.54, 1.807) is 12.1 Å². The molecular weight excluding hydrogens is 375 g/mol. The van der Waals surface area contributed by atoms with Gasteiger partial charge in [-0.1, -0.05) is 16.8 Å². The van der Waals surface area contributed by atoms with E-state index in [4.69, 9.17) is 21.9 Å². The molecule has 142 valence electrons. The highest BCUT2D eigenvalue weighted by Crippen LogP contribution is 2.21. The lowest BCUT2D eigenvalue weighted by atomic mass is 9.91. The number of hydrogen-bond acceptors (Lipinski definition) is 5. The summed E-state index contributed by atoms with van der Waals surface area (Å²) in [6, 6.07) is 7.43. The fraction of sp³-hybridized carbons (Fsp3) is 0.500. The van der Waals surface area contributed by atoms with Crippen molar-refractivity contribution in [2.75, 3.05) is 13.1 Å². The average molecular weight is 399 g/mol. The number of halogens is 2. The van der Waals surface area contributed by atoms with Crippen LogP contribution in [0.5, 0.6) is 0 Å². The van der Waals surface area contributed by atoms with Gasteiger partial charge in [-0.2, -0.15) is 4.98 Å². The molecule has 6 nitrogen and oxygen atoms in total. The number of rotatable bonds is 5. The summed E-state index contributed by atoms with van der Waals surface area (Å²) in [5.74, 6) is 1.64. The molecule has 0 bridgehead atoms. The van der Waals surface area contributed by atoms with Gasteiger partial charge in [-0.25, -0.2) is 0 Å². The van der Waals surface area contributed by atoms with Gasteiger partial charge >= 0.3 is 0 Å². The zero-order chi connectivity index (χ0) is 17.8. The summed E-state index contributed by atoms with van der Waals surface area (Å²) >= 11 is 5.88. The highest BCUT2D eigenvalue weighted by Gasteiger charge is 2.24. The van der Waals surface area contributed by atoms with Crippen LogP contribution < -0.4 is 5.73 Å². The molecule has 0 aliphatic carbocycles. The van der Waals surface area contributed by atoms with Crippen molar-refractivity contribution in [3.63, 3.8) is 0 Å². The number of aryl methyl sites for hydroxylation is 1. The minimum Gasteiger partial charge on any atom is -0.343 e. The predicted molar refractivity (Wildman–Crippen MR) is 103 cm³/mol. The fourth-order valence-electron chi connectivity index (χ4n) is 3.12. The molecule has 0 spiro atoms. The van der Waals surface area contributed by atoms with Gasteiger partial charge in [0.05, 0.1) is 0 Å². The van der Waals surface area contributed by atoms with E-state index in [1.165, 1.54) is 0 Å². The Hall–Kier alpha value is -1.63. The zero-order valence-electron chi connectivity index (χ0n) is 14.7. The van der Waals surface area contributed by atoms with Crippen molar-refractivity contribution >= 4 is 29.9 Å². The lowest BCUT2D eigenvalue weighted by molar-refractivity contribution is -0.132. The van der Waals surface area contributed by atoms with Gasteiger partial charge in [0.15, 0.2) is 0 Å². The Morgan fingerprint density at radius 3 is 2.62 bits per heavy atom. The summed E-state index contributed by atoms with van der Waals surface area (Å²) in [4.78, 5) is 18.6. The van der Waals surface area contributed by atoms with Gasteiger partial charge in [0, 0.05) is 42.6 Å². The Morgan fingerprint density at radius 2 is 2.00 bits per heavy atom. The normalized spacial score (nSPS) is 16.2. The van der Waals surface area contributed by atoms with Crippen molar-refractivity contribution in [2.24, 2.45) is 11.7 Å². The molecule has 1 aromatic heterocycles. The molecule has 8 heteroatoms. The predicted octanol–water partition coefficient (Wildman–Crippen LogP) is 3.33. The molecule has 3 rings (SSSR count). The lowest BCUT2D eigenvalue weighted by Crippen LogP contribution is -2.42. The van der Waals surface area contributed by atoms with Crippen molar-refractivity contribution in [2.45, 2.75) is 38.6 Å². The number of hydrogen-bond donors (Lipinski definition) is 1. The molecule has 0 radical (unpaired) electrons. The number of carbonyl (C=O) groups excluding carboxylic acids is 1. The summed E-state index contributed by atoms with van der Waals surface area (Å²) in [6.45, 7) is 3.60. The van der Waals surface area contributed by atoms with E-state index < -0.39 is 0 Å². The third kappa shape index (κ3) is 5.19. The van der Waals surface area contributed by atoms with Crippen LogP contribution in [-0.2, 0) is 11.2 Å². The van der Waals surface area contributed by atoms with Gasteiger partial charge in [-0.15, -0.1) is 12.4 Å². The maximum absolute atomic E-state index is 12.4. The molecule has 1 atom stereocenters. The average Bonchev–Trinajstić information content (AvgIpc) is 3.09. The third-order valence-electron chi connectivity index (χ3n) is 4.76. The standard InChI is InChI=1S/C18H23ClN4O2.ClH/c1-12(20)13-8-10-23(11-9-13)17(24)7-6-16-21-18(22-25-16)14-2-4-15(19)5-3-14;/h2-5,12-13H,6-11,20H2,1H3;1H. The second-order valence-corrected chi connectivity index (χ2v) is 7.03. The first-order valence-electron chi connectivity index (χ1n) is 8.65. The number of nitrogens with zero attached hydrogens (tertiary/aromatic N) is 3. The number of benzene rings is 1. The van der Waals surface area contributed by atoms with E-state index in [-0.39, 0.29) is 24.4 Å². The van der Waals surface area contributed by atoms with Crippen LogP contribution in [0.1, 0.15) is 32.1 Å². The van der Waals surface area contributed by atoms with E-state index in [0.717, 1.165) is 31.5 Å². The summed E-state index contributed by atoms with van der Waals surface area (Å²) in [5, 5.41) is 4.63. The van der Waals surface area contributed by atoms with Crippen LogP contribution in [0.25, 0.3) is 11.4 Å². The van der Waals surface area contributed by atoms with E-state index in [9.17, 15) is 4.79 Å². The Bertz CT molecular complexity index is 710. The van der Waals surface area contributed by atoms with Crippen molar-refractivity contribution in [1.29, 1.82) is 0 Å². The number of likely N-dealkylation sites (tertiary alicyclic amines) is 1. The van der Waals surface area contributed by atoms with Crippen LogP contribution >= 0.6 is 24.0 Å². The highest BCUT2D eigenvalue weighted by atomic mass is 35.5. The molecule has 1 fully saturated rings. The molecular formula is C18H24Cl2N4O2. The van der Waals surface area contributed by atoms with Gasteiger partial charge in [0.2, 0.25) is 17.6 Å². The fourth-order valence-corrected chi connectivity index (χ4v) is 3.25. The van der Waals surface area contributed by atoms with E-state index >= 15 is 0 Å². The summed E-state index contributed by atoms with van der Waals surface area (Å²) < 4.78 is 5.25. The van der Waals surface area contributed by atoms with Crippen molar-refractivity contribution in [1.82, 2.24) is 15.0 Å². The number of amides is 1. The molecule has 2 aromatic rings. The van der Waals surface area contributed by atoms with Crippen LogP contribution in [0.3, 0.4) is 0 Å². The highest BCUT2D eigenvalue weighted by molar-refractivity contribution is 6.30. The van der Waals surface area contributed by atoms with E-state index in [1.807, 2.05) is 24.0 Å². The van der Waals surface area contributed by atoms with E-state index in [0.29, 0.717) is 35.5 Å². The molecule has 1 unspecified atom stereocenters. The first kappa shape index (κ1) is 20.7. The summed E-state index contributed by atoms with van der Waals surface area (Å²) in [5.41, 5.74) is 6.78. The lowest BCUT2D eigenvalue weighted by Gasteiger charge is -2.33. The zero-order valence-corrected chi connectivity index (χ0v) is 16.3. The molecule has 26 heavy (non-hydrogen) atoms. The largest absolute Gasteiger partial charge is 0.343 e. The second-order valence-electron chi connectivity index (χ2n) is 6.60. The van der Waals surface area contributed by atoms with Crippen LogP contribution in [0.2, 0.25) is 5.02 Å². The summed E-state index contributed by atoms with van der Waals surface area (Å²) in [6.07, 6.45) is 2.78. The maximum Gasteiger partial charge on any atom is 0.227 e. The van der Waals surface area contributed by atoms with Gasteiger partial charge in [0.1, 0.15) is 0 Å². The first-order valence-corrected chi connectivity index (χ1v) is 9.02. The Labute approximate surface area is 164 Å². The van der Waals surface area contributed by atoms with Gasteiger partial charge in [-0.05, 0) is 49.9 Å². The van der Waals surface area contributed by atoms with Gasteiger partial charge in [-0.3, -0.25) is 4.79 Å². The molecule has 2 N–H and O–H groups in total. The molecule has 1 aromatic carbocycles. The van der Waals surface area contributed by atoms with Crippen LogP contribution in [0, 0.1) is 5.92 Å². The molecule has 1 aliphatic heterocycles. The monoisotopic (exact) mass is 398 g/mol. The van der Waals surface area contributed by atoms with Crippen LogP contribution in [0.15, 0.2) is 28.8 Å². The maximum atomic E-state index is 12.4. The summed E-state index contributed by atoms with van der Waals surface area (Å²) in [7, 11) is 0. The van der Waals surface area contributed by atoms with Gasteiger partial charge in [0.25, 0.3) is 0 Å². The van der Waals surface area contributed by atoms with Gasteiger partial charge < -0.3 is 15.2 Å². The number of carbonyl (C=O) groups is 1. The molecule has 0 saturated carbocycles. The molecule has 2 heterocycles. The minimum absolute atomic E-state index is 0. The minimum atomic E-state index is 0. The molecule has 1 saturated heterocycles. The molecule has 1 amide bonds. The number of piperidine rings is 1. The first-order chi connectivity index (χ1) is 12.0. The Morgan fingerprint density at radius 1 is 1.35 bits per heavy atom. The van der Waals surface area contributed by atoms with E-state index in [2.05, 4.69) is 10.1 Å². The van der Waals surface area contributed by atoms with Crippen LogP contribution in [-0.4, -0.2) is 40.1 Å². The Kier molecular flexibility index (Phi) is 7.43. The number of aromatic nitrogens is 2.